The van der Waals surface area contributed by atoms with Crippen molar-refractivity contribution in [3.63, 3.8) is 0 Å². The molecule has 6 heteroatoms. The maximum atomic E-state index is 12.6. The molecule has 4 nitrogen and oxygen atoms in total. The van der Waals surface area contributed by atoms with E-state index in [9.17, 15) is 4.79 Å². The molecule has 1 aliphatic rings. The minimum absolute atomic E-state index is 0.00466. The van der Waals surface area contributed by atoms with Crippen molar-refractivity contribution in [2.45, 2.75) is 42.9 Å². The summed E-state index contributed by atoms with van der Waals surface area (Å²) in [5, 5.41) is 0.558. The maximum Gasteiger partial charge on any atom is 0.228 e. The largest absolute Gasteiger partial charge is 0.472 e. The van der Waals surface area contributed by atoms with Crippen molar-refractivity contribution in [3.05, 3.63) is 52.6 Å². The van der Waals surface area contributed by atoms with Gasteiger partial charge in [-0.05, 0) is 45.8 Å². The molecule has 0 saturated carbocycles. The number of nitrogens with zero attached hydrogens (tertiary/aromatic N) is 2. The molecule has 0 aliphatic carbocycles. The van der Waals surface area contributed by atoms with Crippen LogP contribution in [0.5, 0.6) is 5.88 Å². The van der Waals surface area contributed by atoms with Gasteiger partial charge in [0, 0.05) is 29.3 Å². The quantitative estimate of drug-likeness (QED) is 0.624. The lowest BCUT2D eigenvalue weighted by atomic mass is 10.1. The minimum atomic E-state index is -0.00466. The molecule has 0 spiro atoms. The van der Waals surface area contributed by atoms with E-state index in [0.717, 1.165) is 23.0 Å². The summed E-state index contributed by atoms with van der Waals surface area (Å²) in [7, 11) is 0. The Labute approximate surface area is 167 Å². The van der Waals surface area contributed by atoms with Crippen molar-refractivity contribution in [3.8, 4) is 5.88 Å². The topological polar surface area (TPSA) is 42.4 Å². The van der Waals surface area contributed by atoms with E-state index in [1.54, 1.807) is 6.20 Å². The number of amides is 1. The molecule has 1 aromatic heterocycles. The fraction of sp³-hybridized carbons (Fsp3) is 0.400. The molecule has 2 aromatic rings. The van der Waals surface area contributed by atoms with Gasteiger partial charge in [0.2, 0.25) is 11.8 Å². The van der Waals surface area contributed by atoms with Crippen LogP contribution >= 0.6 is 27.7 Å². The Morgan fingerprint density at radius 3 is 2.81 bits per heavy atom. The van der Waals surface area contributed by atoms with Gasteiger partial charge in [-0.25, -0.2) is 4.98 Å². The molecule has 138 valence electrons. The monoisotopic (exact) mass is 434 g/mol. The average molecular weight is 435 g/mol. The van der Waals surface area contributed by atoms with Crippen molar-refractivity contribution >= 4 is 33.6 Å². The van der Waals surface area contributed by atoms with Crippen LogP contribution in [-0.2, 0) is 11.2 Å². The molecule has 1 atom stereocenters. The smallest absolute Gasteiger partial charge is 0.228 e. The summed E-state index contributed by atoms with van der Waals surface area (Å²) in [6, 6.07) is 12.1. The zero-order valence-electron chi connectivity index (χ0n) is 15.0. The first-order valence-corrected chi connectivity index (χ1v) is 10.5. The van der Waals surface area contributed by atoms with Crippen LogP contribution in [-0.4, -0.2) is 40.2 Å². The van der Waals surface area contributed by atoms with Gasteiger partial charge in [0.05, 0.1) is 17.4 Å². The summed E-state index contributed by atoms with van der Waals surface area (Å²) < 4.78 is 6.77. The lowest BCUT2D eigenvalue weighted by Crippen LogP contribution is -2.32. The Morgan fingerprint density at radius 1 is 1.35 bits per heavy atom. The maximum absolute atomic E-state index is 12.6. The first-order chi connectivity index (χ1) is 12.5. The van der Waals surface area contributed by atoms with Gasteiger partial charge in [0.25, 0.3) is 0 Å². The number of likely N-dealkylation sites (tertiary alicyclic amines) is 1. The van der Waals surface area contributed by atoms with Crippen molar-refractivity contribution < 1.29 is 9.53 Å². The van der Waals surface area contributed by atoms with Crippen LogP contribution < -0.4 is 4.74 Å². The highest BCUT2D eigenvalue weighted by atomic mass is 79.9. The van der Waals surface area contributed by atoms with Crippen LogP contribution in [0.25, 0.3) is 0 Å². The lowest BCUT2D eigenvalue weighted by molar-refractivity contribution is -0.129. The highest BCUT2D eigenvalue weighted by molar-refractivity contribution is 9.10. The van der Waals surface area contributed by atoms with Gasteiger partial charge in [-0.2, -0.15) is 0 Å². The lowest BCUT2D eigenvalue weighted by Gasteiger charge is -2.17. The average Bonchev–Trinajstić information content (AvgIpc) is 3.07. The number of ether oxygens (including phenoxy) is 1. The molecule has 1 aromatic carbocycles. The number of benzene rings is 1. The molecular weight excluding hydrogens is 412 g/mol. The van der Waals surface area contributed by atoms with Crippen molar-refractivity contribution in [2.75, 3.05) is 13.1 Å². The molecule has 0 bridgehead atoms. The van der Waals surface area contributed by atoms with Gasteiger partial charge < -0.3 is 9.64 Å². The predicted molar refractivity (Wildman–Crippen MR) is 109 cm³/mol. The fourth-order valence-corrected chi connectivity index (χ4v) is 4.10. The molecule has 1 aliphatic heterocycles. The Hall–Kier alpha value is -1.53. The van der Waals surface area contributed by atoms with E-state index in [1.807, 2.05) is 28.8 Å². The van der Waals surface area contributed by atoms with E-state index in [1.165, 1.54) is 4.90 Å². The first-order valence-electron chi connectivity index (χ1n) is 8.82. The molecular formula is C20H23BrN2O2S. The van der Waals surface area contributed by atoms with Gasteiger partial charge in [0.1, 0.15) is 6.10 Å². The van der Waals surface area contributed by atoms with Gasteiger partial charge in [0.15, 0.2) is 0 Å². The Kier molecular flexibility index (Phi) is 6.59. The molecule has 1 unspecified atom stereocenters. The van der Waals surface area contributed by atoms with E-state index in [2.05, 4.69) is 59.0 Å². The molecule has 0 N–H and O–H groups in total. The summed E-state index contributed by atoms with van der Waals surface area (Å²) in [6.07, 6.45) is 2.97. The van der Waals surface area contributed by atoms with E-state index >= 15 is 0 Å². The Bertz CT molecular complexity index is 752. The van der Waals surface area contributed by atoms with Gasteiger partial charge in [-0.15, -0.1) is 11.8 Å². The standard InChI is InChI=1S/C20H23BrN2O2S/c1-14(2)26-17-7-5-15(6-8-17)12-19(24)23-11-9-16(13-23)25-20-18(21)4-3-10-22-20/h3-8,10,14,16H,9,11-13H2,1-2H3. The van der Waals surface area contributed by atoms with Crippen LogP contribution in [0.3, 0.4) is 0 Å². The SMILES string of the molecule is CC(C)Sc1ccc(CC(=O)N2CCC(Oc3ncccc3Br)C2)cc1. The summed E-state index contributed by atoms with van der Waals surface area (Å²) in [6.45, 7) is 5.70. The highest BCUT2D eigenvalue weighted by Crippen LogP contribution is 2.25. The summed E-state index contributed by atoms with van der Waals surface area (Å²) >= 11 is 5.27. The van der Waals surface area contributed by atoms with Crippen LogP contribution in [0, 0.1) is 0 Å². The molecule has 3 rings (SSSR count). The van der Waals surface area contributed by atoms with Gasteiger partial charge in [-0.1, -0.05) is 26.0 Å². The third-order valence-electron chi connectivity index (χ3n) is 4.15. The van der Waals surface area contributed by atoms with Crippen molar-refractivity contribution in [1.29, 1.82) is 0 Å². The zero-order valence-corrected chi connectivity index (χ0v) is 17.4. The summed E-state index contributed by atoms with van der Waals surface area (Å²) in [4.78, 5) is 19.9. The van der Waals surface area contributed by atoms with Crippen LogP contribution in [0.15, 0.2) is 52.0 Å². The fourth-order valence-electron chi connectivity index (χ4n) is 2.91. The number of carbonyl (C=O) groups excluding carboxylic acids is 1. The number of pyridine rings is 1. The molecule has 0 radical (unpaired) electrons. The van der Waals surface area contributed by atoms with Gasteiger partial charge >= 0.3 is 0 Å². The third-order valence-corrected chi connectivity index (χ3v) is 5.77. The van der Waals surface area contributed by atoms with E-state index in [-0.39, 0.29) is 12.0 Å². The van der Waals surface area contributed by atoms with Crippen LogP contribution in [0.2, 0.25) is 0 Å². The number of hydrogen-bond donors (Lipinski definition) is 0. The molecule has 1 saturated heterocycles. The summed E-state index contributed by atoms with van der Waals surface area (Å²) in [5.41, 5.74) is 1.06. The second kappa shape index (κ2) is 8.91. The van der Waals surface area contributed by atoms with Crippen LogP contribution in [0.4, 0.5) is 0 Å². The highest BCUT2D eigenvalue weighted by Gasteiger charge is 2.28. The molecule has 2 heterocycles. The predicted octanol–water partition coefficient (Wildman–Crippen LogP) is 4.57. The number of aromatic nitrogens is 1. The molecule has 26 heavy (non-hydrogen) atoms. The van der Waals surface area contributed by atoms with Crippen LogP contribution in [0.1, 0.15) is 25.8 Å². The first kappa shape index (κ1) is 19.2. The number of halogens is 1. The van der Waals surface area contributed by atoms with Crippen molar-refractivity contribution in [2.24, 2.45) is 0 Å². The number of rotatable bonds is 6. The number of thioether (sulfide) groups is 1. The van der Waals surface area contributed by atoms with Crippen molar-refractivity contribution in [1.82, 2.24) is 9.88 Å². The third kappa shape index (κ3) is 5.24. The molecule has 1 fully saturated rings. The Balaban J connectivity index is 1.52. The normalized spacial score (nSPS) is 16.9. The van der Waals surface area contributed by atoms with E-state index < -0.39 is 0 Å². The zero-order chi connectivity index (χ0) is 18.5. The number of carbonyl (C=O) groups is 1. The minimum Gasteiger partial charge on any atom is -0.472 e. The van der Waals surface area contributed by atoms with E-state index in [0.29, 0.717) is 24.1 Å². The Morgan fingerprint density at radius 2 is 2.12 bits per heavy atom. The summed E-state index contributed by atoms with van der Waals surface area (Å²) in [5.74, 6) is 0.741. The second-order valence-electron chi connectivity index (χ2n) is 6.65. The molecule has 1 amide bonds. The van der Waals surface area contributed by atoms with Gasteiger partial charge in [-0.3, -0.25) is 4.79 Å². The number of hydrogen-bond acceptors (Lipinski definition) is 4. The second-order valence-corrected chi connectivity index (χ2v) is 9.15. The van der Waals surface area contributed by atoms with E-state index in [4.69, 9.17) is 4.74 Å².